The first kappa shape index (κ1) is 13.3. The van der Waals surface area contributed by atoms with Crippen molar-refractivity contribution in [1.82, 2.24) is 5.16 Å². The number of hydrogen-bond donors (Lipinski definition) is 1. The minimum absolute atomic E-state index is 0.0990. The summed E-state index contributed by atoms with van der Waals surface area (Å²) in [4.78, 5) is 35.7. The lowest BCUT2D eigenvalue weighted by molar-refractivity contribution is -0.114. The number of carboxylic acids is 1. The second-order valence-electron chi connectivity index (χ2n) is 4.37. The molecule has 0 aliphatic carbocycles. The molecule has 1 N–H and O–H groups in total. The van der Waals surface area contributed by atoms with Gasteiger partial charge in [0.05, 0.1) is 17.8 Å². The van der Waals surface area contributed by atoms with Crippen molar-refractivity contribution in [2.45, 2.75) is 6.54 Å². The van der Waals surface area contributed by atoms with E-state index in [-0.39, 0.29) is 23.6 Å². The SMILES string of the molecule is O=C(O)c1cc(CN2C(=O)C(=O)c3ccc(Cl)cc32)on1. The van der Waals surface area contributed by atoms with Crippen molar-refractivity contribution in [1.29, 1.82) is 0 Å². The molecule has 0 atom stereocenters. The number of hydrogen-bond acceptors (Lipinski definition) is 5. The van der Waals surface area contributed by atoms with Crippen LogP contribution in [0.15, 0.2) is 28.8 Å². The summed E-state index contributed by atoms with van der Waals surface area (Å²) in [5.41, 5.74) is 0.349. The molecule has 0 unspecified atom stereocenters. The Morgan fingerprint density at radius 1 is 1.33 bits per heavy atom. The average molecular weight is 307 g/mol. The van der Waals surface area contributed by atoms with Crippen LogP contribution in [-0.4, -0.2) is 27.9 Å². The fourth-order valence-electron chi connectivity index (χ4n) is 2.07. The van der Waals surface area contributed by atoms with Crippen LogP contribution in [0.1, 0.15) is 26.6 Å². The zero-order valence-electron chi connectivity index (χ0n) is 10.4. The summed E-state index contributed by atoms with van der Waals surface area (Å²) in [5, 5.41) is 12.5. The zero-order valence-corrected chi connectivity index (χ0v) is 11.1. The van der Waals surface area contributed by atoms with Crippen LogP contribution in [-0.2, 0) is 11.3 Å². The molecule has 1 aliphatic heterocycles. The topological polar surface area (TPSA) is 101 Å². The molecule has 0 bridgehead atoms. The van der Waals surface area contributed by atoms with E-state index in [1.807, 2.05) is 0 Å². The van der Waals surface area contributed by atoms with Crippen LogP contribution in [0.25, 0.3) is 0 Å². The summed E-state index contributed by atoms with van der Waals surface area (Å²) < 4.78 is 4.85. The van der Waals surface area contributed by atoms with E-state index in [1.54, 1.807) is 0 Å². The zero-order chi connectivity index (χ0) is 15.1. The Kier molecular flexibility index (Phi) is 2.99. The van der Waals surface area contributed by atoms with Crippen molar-refractivity contribution in [3.63, 3.8) is 0 Å². The van der Waals surface area contributed by atoms with Gasteiger partial charge in [-0.05, 0) is 18.2 Å². The molecule has 7 nitrogen and oxygen atoms in total. The van der Waals surface area contributed by atoms with Crippen molar-refractivity contribution in [3.8, 4) is 0 Å². The van der Waals surface area contributed by atoms with Crippen LogP contribution in [0, 0.1) is 0 Å². The Bertz CT molecular complexity index is 783. The van der Waals surface area contributed by atoms with Gasteiger partial charge < -0.3 is 9.63 Å². The lowest BCUT2D eigenvalue weighted by Gasteiger charge is -2.14. The van der Waals surface area contributed by atoms with Crippen LogP contribution >= 0.6 is 11.6 Å². The third kappa shape index (κ3) is 2.17. The number of amides is 1. The molecule has 0 saturated heterocycles. The predicted molar refractivity (Wildman–Crippen MR) is 70.4 cm³/mol. The third-order valence-corrected chi connectivity index (χ3v) is 3.26. The third-order valence-electron chi connectivity index (χ3n) is 3.03. The van der Waals surface area contributed by atoms with Gasteiger partial charge in [0, 0.05) is 11.1 Å². The molecule has 1 aromatic heterocycles. The minimum Gasteiger partial charge on any atom is -0.476 e. The van der Waals surface area contributed by atoms with E-state index in [0.717, 1.165) is 0 Å². The minimum atomic E-state index is -1.24. The second-order valence-corrected chi connectivity index (χ2v) is 4.80. The molecule has 1 amide bonds. The summed E-state index contributed by atoms with van der Waals surface area (Å²) in [6.45, 7) is -0.0990. The lowest BCUT2D eigenvalue weighted by atomic mass is 10.1. The summed E-state index contributed by atoms with van der Waals surface area (Å²) in [7, 11) is 0. The van der Waals surface area contributed by atoms with Crippen LogP contribution in [0.4, 0.5) is 5.69 Å². The Morgan fingerprint density at radius 2 is 2.10 bits per heavy atom. The fourth-order valence-corrected chi connectivity index (χ4v) is 2.23. The molecular formula is C13H7ClN2O5. The molecule has 0 fully saturated rings. The maximum absolute atomic E-state index is 12.0. The van der Waals surface area contributed by atoms with Gasteiger partial charge >= 0.3 is 5.97 Å². The largest absolute Gasteiger partial charge is 0.476 e. The Morgan fingerprint density at radius 3 is 2.76 bits per heavy atom. The molecule has 8 heteroatoms. The number of anilines is 1. The number of carboxylic acid groups (broad SMARTS) is 1. The van der Waals surface area contributed by atoms with Gasteiger partial charge in [-0.15, -0.1) is 0 Å². The molecule has 1 aliphatic rings. The molecule has 3 rings (SSSR count). The predicted octanol–water partition coefficient (Wildman–Crippen LogP) is 1.76. The first-order valence-corrected chi connectivity index (χ1v) is 6.20. The van der Waals surface area contributed by atoms with E-state index in [2.05, 4.69) is 5.16 Å². The number of halogens is 1. The van der Waals surface area contributed by atoms with Crippen LogP contribution < -0.4 is 4.90 Å². The maximum Gasteiger partial charge on any atom is 0.358 e. The van der Waals surface area contributed by atoms with E-state index in [4.69, 9.17) is 21.2 Å². The fraction of sp³-hybridized carbons (Fsp3) is 0.0769. The molecule has 1 aromatic carbocycles. The van der Waals surface area contributed by atoms with E-state index in [1.165, 1.54) is 29.2 Å². The quantitative estimate of drug-likeness (QED) is 0.867. The van der Waals surface area contributed by atoms with Crippen molar-refractivity contribution in [2.24, 2.45) is 0 Å². The number of carbonyl (C=O) groups is 3. The van der Waals surface area contributed by atoms with Gasteiger partial charge in [-0.25, -0.2) is 4.79 Å². The molecule has 0 spiro atoms. The number of Topliss-reactive ketones (excluding diaryl/α,β-unsaturated/α-hetero) is 1. The number of carbonyl (C=O) groups excluding carboxylic acids is 2. The molecule has 0 saturated carbocycles. The summed E-state index contributed by atoms with van der Waals surface area (Å²) in [5.74, 6) is -2.45. The van der Waals surface area contributed by atoms with Crippen molar-refractivity contribution in [2.75, 3.05) is 4.90 Å². The van der Waals surface area contributed by atoms with Crippen LogP contribution in [0.2, 0.25) is 5.02 Å². The summed E-state index contributed by atoms with van der Waals surface area (Å²) in [6, 6.07) is 5.68. The lowest BCUT2D eigenvalue weighted by Crippen LogP contribution is -2.28. The van der Waals surface area contributed by atoms with E-state index in [9.17, 15) is 14.4 Å². The first-order chi connectivity index (χ1) is 9.97. The van der Waals surface area contributed by atoms with E-state index in [0.29, 0.717) is 10.7 Å². The normalized spacial score (nSPS) is 13.7. The van der Waals surface area contributed by atoms with Crippen molar-refractivity contribution in [3.05, 3.63) is 46.3 Å². The highest BCUT2D eigenvalue weighted by Gasteiger charge is 2.36. The number of ketones is 1. The molecule has 2 aromatic rings. The number of aromatic carboxylic acids is 1. The highest BCUT2D eigenvalue weighted by Crippen LogP contribution is 2.32. The van der Waals surface area contributed by atoms with Gasteiger partial charge in [0.25, 0.3) is 11.7 Å². The number of benzene rings is 1. The molecule has 21 heavy (non-hydrogen) atoms. The first-order valence-electron chi connectivity index (χ1n) is 5.82. The monoisotopic (exact) mass is 306 g/mol. The second kappa shape index (κ2) is 4.71. The van der Waals surface area contributed by atoms with Gasteiger partial charge in [-0.3, -0.25) is 14.5 Å². The van der Waals surface area contributed by atoms with E-state index >= 15 is 0 Å². The Hall–Kier alpha value is -2.67. The number of nitrogens with zero attached hydrogens (tertiary/aromatic N) is 2. The van der Waals surface area contributed by atoms with E-state index < -0.39 is 17.7 Å². The number of rotatable bonds is 3. The van der Waals surface area contributed by atoms with Crippen molar-refractivity contribution < 1.29 is 24.0 Å². The number of aromatic nitrogens is 1. The van der Waals surface area contributed by atoms with Gasteiger partial charge in [-0.2, -0.15) is 0 Å². The number of fused-ring (bicyclic) bond motifs is 1. The van der Waals surface area contributed by atoms with Crippen molar-refractivity contribution >= 4 is 34.9 Å². The standard InChI is InChI=1S/C13H7ClN2O5/c14-6-1-2-8-10(3-6)16(12(18)11(8)17)5-7-4-9(13(19)20)15-21-7/h1-4H,5H2,(H,19,20). The van der Waals surface area contributed by atoms with Gasteiger partial charge in [0.2, 0.25) is 0 Å². The summed E-state index contributed by atoms with van der Waals surface area (Å²) >= 11 is 5.87. The average Bonchev–Trinajstić information content (AvgIpc) is 2.99. The molecule has 106 valence electrons. The Labute approximate surface area is 122 Å². The smallest absolute Gasteiger partial charge is 0.358 e. The summed E-state index contributed by atoms with van der Waals surface area (Å²) in [6.07, 6.45) is 0. The maximum atomic E-state index is 12.0. The highest BCUT2D eigenvalue weighted by atomic mass is 35.5. The highest BCUT2D eigenvalue weighted by molar-refractivity contribution is 6.52. The molecule has 0 radical (unpaired) electrons. The van der Waals surface area contributed by atoms with Gasteiger partial charge in [-0.1, -0.05) is 16.8 Å². The van der Waals surface area contributed by atoms with Gasteiger partial charge in [0.15, 0.2) is 11.5 Å². The molecule has 2 heterocycles. The van der Waals surface area contributed by atoms with Crippen LogP contribution in [0.5, 0.6) is 0 Å². The molecular weight excluding hydrogens is 300 g/mol. The Balaban J connectivity index is 1.95. The van der Waals surface area contributed by atoms with Crippen LogP contribution in [0.3, 0.4) is 0 Å². The van der Waals surface area contributed by atoms with Gasteiger partial charge in [0.1, 0.15) is 0 Å².